The molecule has 49 heavy (non-hydrogen) atoms. The number of rotatable bonds is 11. The molecule has 2 aromatic carbocycles. The Labute approximate surface area is 286 Å². The third kappa shape index (κ3) is 10.6. The number of nitrogens with one attached hydrogen (secondary N) is 3. The van der Waals surface area contributed by atoms with E-state index in [0.29, 0.717) is 29.8 Å². The summed E-state index contributed by atoms with van der Waals surface area (Å²) < 4.78 is 38.7. The molecule has 5 N–H and O–H groups in total. The molecule has 0 saturated heterocycles. The molecule has 0 bridgehead atoms. The van der Waals surface area contributed by atoms with Crippen LogP contribution in [0.5, 0.6) is 0 Å². The van der Waals surface area contributed by atoms with Crippen LogP contribution in [0.3, 0.4) is 0 Å². The number of amides is 4. The zero-order valence-electron chi connectivity index (χ0n) is 28.2. The maximum absolute atomic E-state index is 13.1. The summed E-state index contributed by atoms with van der Waals surface area (Å²) in [7, 11) is 0. The van der Waals surface area contributed by atoms with Gasteiger partial charge in [-0.25, -0.2) is 14.6 Å². The van der Waals surface area contributed by atoms with Crippen LogP contribution in [-0.2, 0) is 30.4 Å². The van der Waals surface area contributed by atoms with Gasteiger partial charge in [-0.1, -0.05) is 35.6 Å². The third-order valence-corrected chi connectivity index (χ3v) is 8.18. The quantitative estimate of drug-likeness (QED) is 0.132. The summed E-state index contributed by atoms with van der Waals surface area (Å²) in [5, 5.41) is 28.7. The van der Waals surface area contributed by atoms with Gasteiger partial charge in [-0.3, -0.25) is 19.4 Å². The van der Waals surface area contributed by atoms with Crippen molar-refractivity contribution < 1.29 is 42.6 Å². The van der Waals surface area contributed by atoms with Crippen molar-refractivity contribution in [3.8, 4) is 0 Å². The van der Waals surface area contributed by atoms with Crippen molar-refractivity contribution in [2.45, 2.75) is 91.4 Å². The summed E-state index contributed by atoms with van der Waals surface area (Å²) in [4.78, 5) is 56.3. The molecule has 1 heterocycles. The molecule has 4 amide bonds. The molecule has 0 aliphatic heterocycles. The number of hydrogen-bond acceptors (Lipinski definition) is 7. The van der Waals surface area contributed by atoms with Crippen LogP contribution in [0.4, 0.5) is 33.6 Å². The minimum atomic E-state index is -4.47. The maximum Gasteiger partial charge on any atom is 0.416 e. The highest BCUT2D eigenvalue weighted by Gasteiger charge is 2.43. The number of nitrogens with zero attached hydrogens (tertiary/aromatic N) is 3. The molecule has 0 radical (unpaired) electrons. The van der Waals surface area contributed by atoms with Crippen molar-refractivity contribution in [2.75, 3.05) is 10.6 Å². The first kappa shape index (κ1) is 38.6. The van der Waals surface area contributed by atoms with Gasteiger partial charge in [-0.05, 0) is 89.8 Å². The molecule has 0 aliphatic carbocycles. The Morgan fingerprint density at radius 3 is 1.78 bits per heavy atom. The highest BCUT2D eigenvalue weighted by Crippen LogP contribution is 2.30. The van der Waals surface area contributed by atoms with Gasteiger partial charge in [0.15, 0.2) is 11.4 Å². The molecule has 3 rings (SSSR count). The summed E-state index contributed by atoms with van der Waals surface area (Å²) in [6.07, 6.45) is -7.65. The number of anilines is 2. The van der Waals surface area contributed by atoms with Gasteiger partial charge in [-0.2, -0.15) is 13.2 Å². The number of hydrogen-bond donors (Lipinski definition) is 5. The van der Waals surface area contributed by atoms with Gasteiger partial charge >= 0.3 is 18.4 Å². The Balaban J connectivity index is 1.79. The largest absolute Gasteiger partial charge is 0.465 e. The molecule has 0 unspecified atom stereocenters. The third-order valence-electron chi connectivity index (χ3n) is 7.17. The Bertz CT molecular complexity index is 1620. The molecule has 0 atom stereocenters. The zero-order valence-corrected chi connectivity index (χ0v) is 29.0. The number of thiazole rings is 1. The average Bonchev–Trinajstić information content (AvgIpc) is 3.35. The normalized spacial score (nSPS) is 12.0. The summed E-state index contributed by atoms with van der Waals surface area (Å²) >= 11 is 0.976. The van der Waals surface area contributed by atoms with E-state index < -0.39 is 47.2 Å². The Morgan fingerprint density at radius 1 is 0.816 bits per heavy atom. The fourth-order valence-corrected chi connectivity index (χ4v) is 5.89. The van der Waals surface area contributed by atoms with Crippen molar-refractivity contribution >= 4 is 46.2 Å². The Hall–Kier alpha value is -4.86. The smallest absolute Gasteiger partial charge is 0.416 e. The number of carbonyl (C=O) groups is 4. The van der Waals surface area contributed by atoms with E-state index in [2.05, 4.69) is 20.9 Å². The topological polar surface area (TPSA) is 164 Å². The number of aromatic nitrogens is 1. The van der Waals surface area contributed by atoms with E-state index in [-0.39, 0.29) is 22.5 Å². The molecule has 16 heteroatoms. The molecule has 266 valence electrons. The predicted octanol–water partition coefficient (Wildman–Crippen LogP) is 7.09. The molecule has 0 aliphatic rings. The van der Waals surface area contributed by atoms with E-state index in [1.807, 2.05) is 0 Å². The molecular weight excluding hydrogens is 665 g/mol. The standard InChI is InChI=1S/C33H41F3N6O6S/c1-19(43)38-27-40-24(25(49-27)26(44)37-18-21-8-13-22(14-9-21)33(34,35)36)17-12-20-10-15-23(16-11-20)39-28(41(29(45)46)31(2,3)4)42(30(47)48)32(5,6)7/h8-11,13-16,28,39H,12,17-18H2,1-7H3,(H,37,44)(H,45,46)(H,47,48)(H,38,40,43). The van der Waals surface area contributed by atoms with Crippen LogP contribution in [0, 0.1) is 0 Å². The van der Waals surface area contributed by atoms with Crippen molar-refractivity contribution in [3.63, 3.8) is 0 Å². The summed E-state index contributed by atoms with van der Waals surface area (Å²) in [5.41, 5.74) is -0.565. The van der Waals surface area contributed by atoms with Crippen LogP contribution in [0.2, 0.25) is 0 Å². The summed E-state index contributed by atoms with van der Waals surface area (Å²) in [6, 6.07) is 11.4. The van der Waals surface area contributed by atoms with E-state index in [1.54, 1.807) is 65.8 Å². The first-order chi connectivity index (χ1) is 22.6. The van der Waals surface area contributed by atoms with Crippen molar-refractivity contribution in [3.05, 3.63) is 75.8 Å². The fourth-order valence-electron chi connectivity index (χ4n) is 4.92. The summed E-state index contributed by atoms with van der Waals surface area (Å²) in [5.74, 6) is -0.877. The van der Waals surface area contributed by atoms with Crippen LogP contribution < -0.4 is 16.0 Å². The first-order valence-electron chi connectivity index (χ1n) is 15.2. The van der Waals surface area contributed by atoms with Gasteiger partial charge < -0.3 is 26.2 Å². The zero-order chi connectivity index (χ0) is 36.9. The Morgan fingerprint density at radius 2 is 1.33 bits per heavy atom. The van der Waals surface area contributed by atoms with E-state index in [4.69, 9.17) is 0 Å². The molecule has 1 aromatic heterocycles. The second kappa shape index (κ2) is 15.1. The number of halogens is 3. The average molecular weight is 707 g/mol. The molecule has 3 aromatic rings. The van der Waals surface area contributed by atoms with Crippen LogP contribution in [-0.4, -0.2) is 66.4 Å². The van der Waals surface area contributed by atoms with Crippen molar-refractivity contribution in [1.82, 2.24) is 20.1 Å². The molecule has 0 saturated carbocycles. The lowest BCUT2D eigenvalue weighted by Gasteiger charge is -2.48. The van der Waals surface area contributed by atoms with E-state index in [1.165, 1.54) is 19.1 Å². The number of aryl methyl sites for hydroxylation is 2. The van der Waals surface area contributed by atoms with Gasteiger partial charge in [-0.15, -0.1) is 0 Å². The number of benzene rings is 2. The van der Waals surface area contributed by atoms with E-state index in [0.717, 1.165) is 38.8 Å². The van der Waals surface area contributed by atoms with Crippen LogP contribution >= 0.6 is 11.3 Å². The monoisotopic (exact) mass is 706 g/mol. The minimum Gasteiger partial charge on any atom is -0.465 e. The molecule has 0 spiro atoms. The SMILES string of the molecule is CC(=O)Nc1nc(CCc2ccc(NC(N(C(=O)O)C(C)(C)C)N(C(=O)O)C(C)(C)C)cc2)c(C(=O)NCc2ccc(C(F)(F)F)cc2)s1. The summed E-state index contributed by atoms with van der Waals surface area (Å²) in [6.45, 7) is 11.3. The van der Waals surface area contributed by atoms with Crippen LogP contribution in [0.15, 0.2) is 48.5 Å². The second-order valence-corrected chi connectivity index (χ2v) is 14.2. The van der Waals surface area contributed by atoms with E-state index >= 15 is 0 Å². The first-order valence-corrected chi connectivity index (χ1v) is 16.0. The van der Waals surface area contributed by atoms with Crippen LogP contribution in [0.25, 0.3) is 0 Å². The lowest BCUT2D eigenvalue weighted by molar-refractivity contribution is -0.137. The second-order valence-electron chi connectivity index (χ2n) is 13.2. The molecular formula is C33H41F3N6O6S. The van der Waals surface area contributed by atoms with Gasteiger partial charge in [0.25, 0.3) is 5.91 Å². The predicted molar refractivity (Wildman–Crippen MR) is 180 cm³/mol. The highest BCUT2D eigenvalue weighted by atomic mass is 32.1. The Kier molecular flexibility index (Phi) is 11.9. The van der Waals surface area contributed by atoms with E-state index in [9.17, 15) is 42.6 Å². The van der Waals surface area contributed by atoms with Crippen LogP contribution in [0.1, 0.15) is 80.5 Å². The lowest BCUT2D eigenvalue weighted by atomic mass is 10.0. The van der Waals surface area contributed by atoms with Gasteiger partial charge in [0.1, 0.15) is 4.88 Å². The highest BCUT2D eigenvalue weighted by molar-refractivity contribution is 7.17. The molecule has 0 fully saturated rings. The lowest BCUT2D eigenvalue weighted by Crippen LogP contribution is -2.66. The number of carbonyl (C=O) groups excluding carboxylic acids is 2. The van der Waals surface area contributed by atoms with Gasteiger partial charge in [0.05, 0.1) is 11.3 Å². The fraction of sp³-hybridized carbons (Fsp3) is 0.424. The van der Waals surface area contributed by atoms with Crippen molar-refractivity contribution in [2.24, 2.45) is 0 Å². The minimum absolute atomic E-state index is 0.0255. The van der Waals surface area contributed by atoms with Gasteiger partial charge in [0, 0.05) is 30.2 Å². The maximum atomic E-state index is 13.1. The molecule has 12 nitrogen and oxygen atoms in total. The number of carboxylic acid groups (broad SMARTS) is 2. The number of alkyl halides is 3. The van der Waals surface area contributed by atoms with Gasteiger partial charge in [0.2, 0.25) is 5.91 Å². The van der Waals surface area contributed by atoms with Crippen molar-refractivity contribution in [1.29, 1.82) is 0 Å².